The lowest BCUT2D eigenvalue weighted by atomic mass is 9.96. The van der Waals surface area contributed by atoms with Crippen LogP contribution in [0.2, 0.25) is 0 Å². The van der Waals surface area contributed by atoms with E-state index in [-0.39, 0.29) is 24.3 Å². The largest absolute Gasteiger partial charge is 0.347 e. The summed E-state index contributed by atoms with van der Waals surface area (Å²) in [5.41, 5.74) is 5.56. The fraction of sp³-hybridized carbons (Fsp3) is 0.833. The Bertz CT molecular complexity index is 254. The molecule has 100 valence electrons. The minimum atomic E-state index is -0.199. The van der Waals surface area contributed by atoms with E-state index in [4.69, 9.17) is 5.73 Å². The number of hydrogen-bond acceptors (Lipinski definition) is 3. The van der Waals surface area contributed by atoms with E-state index in [9.17, 15) is 9.59 Å². The minimum absolute atomic E-state index is 0.0533. The van der Waals surface area contributed by atoms with Gasteiger partial charge in [0.15, 0.2) is 0 Å². The van der Waals surface area contributed by atoms with Crippen LogP contribution in [0.1, 0.15) is 27.2 Å². The first-order chi connectivity index (χ1) is 7.92. The summed E-state index contributed by atoms with van der Waals surface area (Å²) in [7, 11) is 1.71. The van der Waals surface area contributed by atoms with Crippen molar-refractivity contribution in [3.05, 3.63) is 0 Å². The number of amides is 2. The van der Waals surface area contributed by atoms with Crippen molar-refractivity contribution in [1.29, 1.82) is 0 Å². The Hall–Kier alpha value is -1.10. The van der Waals surface area contributed by atoms with Crippen molar-refractivity contribution < 1.29 is 9.59 Å². The third kappa shape index (κ3) is 6.26. The highest BCUT2D eigenvalue weighted by molar-refractivity contribution is 5.85. The zero-order valence-corrected chi connectivity index (χ0v) is 11.3. The Morgan fingerprint density at radius 1 is 1.35 bits per heavy atom. The monoisotopic (exact) mass is 243 g/mol. The quantitative estimate of drug-likeness (QED) is 0.671. The molecule has 0 aromatic carbocycles. The maximum atomic E-state index is 11.8. The number of nitrogens with zero attached hydrogens (tertiary/aromatic N) is 1. The smallest absolute Gasteiger partial charge is 0.241 e. The van der Waals surface area contributed by atoms with E-state index in [1.54, 1.807) is 11.9 Å². The van der Waals surface area contributed by atoms with E-state index in [0.29, 0.717) is 19.0 Å². The summed E-state index contributed by atoms with van der Waals surface area (Å²) in [6, 6.07) is 0. The summed E-state index contributed by atoms with van der Waals surface area (Å²) < 4.78 is 0. The number of rotatable bonds is 7. The van der Waals surface area contributed by atoms with Crippen molar-refractivity contribution in [3.63, 3.8) is 0 Å². The molecule has 0 saturated carbocycles. The third-order valence-corrected chi connectivity index (χ3v) is 2.73. The lowest BCUT2D eigenvalue weighted by Gasteiger charge is -2.18. The fourth-order valence-electron chi connectivity index (χ4n) is 1.50. The van der Waals surface area contributed by atoms with Crippen LogP contribution in [0.5, 0.6) is 0 Å². The molecule has 0 heterocycles. The molecule has 0 aliphatic heterocycles. The van der Waals surface area contributed by atoms with Crippen molar-refractivity contribution in [2.75, 3.05) is 26.7 Å². The Kier molecular flexibility index (Phi) is 7.54. The van der Waals surface area contributed by atoms with Crippen LogP contribution in [-0.2, 0) is 9.59 Å². The number of nitrogens with one attached hydrogen (secondary N) is 1. The van der Waals surface area contributed by atoms with Gasteiger partial charge in [0.25, 0.3) is 0 Å². The molecule has 0 saturated heterocycles. The molecule has 0 bridgehead atoms. The minimum Gasteiger partial charge on any atom is -0.347 e. The number of carbonyl (C=O) groups is 2. The predicted octanol–water partition coefficient (Wildman–Crippen LogP) is 0.202. The van der Waals surface area contributed by atoms with E-state index in [2.05, 4.69) is 5.32 Å². The van der Waals surface area contributed by atoms with E-state index in [1.807, 2.05) is 20.8 Å². The van der Waals surface area contributed by atoms with Gasteiger partial charge in [-0.1, -0.05) is 13.8 Å². The molecule has 0 rings (SSSR count). The van der Waals surface area contributed by atoms with Gasteiger partial charge in [-0.15, -0.1) is 0 Å². The van der Waals surface area contributed by atoms with Gasteiger partial charge in [0.05, 0.1) is 12.5 Å². The first kappa shape index (κ1) is 15.9. The molecule has 0 aromatic heterocycles. The molecule has 0 aromatic rings. The maximum absolute atomic E-state index is 11.8. The van der Waals surface area contributed by atoms with Crippen LogP contribution in [0.15, 0.2) is 0 Å². The average Bonchev–Trinajstić information content (AvgIpc) is 2.30. The van der Waals surface area contributed by atoms with E-state index >= 15 is 0 Å². The van der Waals surface area contributed by atoms with Crippen LogP contribution >= 0.6 is 0 Å². The van der Waals surface area contributed by atoms with Crippen LogP contribution in [0.4, 0.5) is 0 Å². The van der Waals surface area contributed by atoms with E-state index < -0.39 is 0 Å². The second-order valence-electron chi connectivity index (χ2n) is 4.69. The second kappa shape index (κ2) is 8.06. The van der Waals surface area contributed by atoms with Crippen LogP contribution in [0.25, 0.3) is 0 Å². The van der Waals surface area contributed by atoms with Gasteiger partial charge in [0, 0.05) is 20.1 Å². The lowest BCUT2D eigenvalue weighted by molar-refractivity contribution is -0.133. The highest BCUT2D eigenvalue weighted by Gasteiger charge is 2.19. The molecule has 5 heteroatoms. The number of nitrogens with two attached hydrogens (primary N) is 1. The number of hydrogen-bond donors (Lipinski definition) is 2. The first-order valence-corrected chi connectivity index (χ1v) is 6.14. The van der Waals surface area contributed by atoms with Crippen LogP contribution < -0.4 is 11.1 Å². The second-order valence-corrected chi connectivity index (χ2v) is 4.69. The maximum Gasteiger partial charge on any atom is 0.241 e. The van der Waals surface area contributed by atoms with Gasteiger partial charge in [-0.25, -0.2) is 0 Å². The SMILES string of the molecule is CCN(C)C(=O)CNC(=O)C(CN)CC(C)C. The molecule has 17 heavy (non-hydrogen) atoms. The van der Waals surface area contributed by atoms with Crippen LogP contribution in [0.3, 0.4) is 0 Å². The van der Waals surface area contributed by atoms with Gasteiger partial charge in [-0.05, 0) is 19.3 Å². The molecule has 2 amide bonds. The lowest BCUT2D eigenvalue weighted by Crippen LogP contribution is -2.42. The van der Waals surface area contributed by atoms with Gasteiger partial charge in [-0.3, -0.25) is 9.59 Å². The molecule has 0 radical (unpaired) electrons. The Labute approximate surface area is 104 Å². The standard InChI is InChI=1S/C12H25N3O2/c1-5-15(4)11(16)8-14-12(17)10(7-13)6-9(2)3/h9-10H,5-8,13H2,1-4H3,(H,14,17). The summed E-state index contributed by atoms with van der Waals surface area (Å²) in [5.74, 6) is 0.0123. The first-order valence-electron chi connectivity index (χ1n) is 6.14. The third-order valence-electron chi connectivity index (χ3n) is 2.73. The van der Waals surface area contributed by atoms with E-state index in [0.717, 1.165) is 6.42 Å². The van der Waals surface area contributed by atoms with Crippen molar-refractivity contribution >= 4 is 11.8 Å². The normalized spacial score (nSPS) is 12.4. The molecule has 0 spiro atoms. The zero-order valence-electron chi connectivity index (χ0n) is 11.3. The summed E-state index contributed by atoms with van der Waals surface area (Å²) >= 11 is 0. The van der Waals surface area contributed by atoms with Crippen LogP contribution in [-0.4, -0.2) is 43.4 Å². The molecule has 0 aliphatic rings. The summed E-state index contributed by atoms with van der Waals surface area (Å²) in [4.78, 5) is 24.8. The molecule has 3 N–H and O–H groups in total. The summed E-state index contributed by atoms with van der Waals surface area (Å²) in [5, 5.41) is 2.64. The van der Waals surface area contributed by atoms with Crippen molar-refractivity contribution in [2.24, 2.45) is 17.6 Å². The Balaban J connectivity index is 4.10. The van der Waals surface area contributed by atoms with Crippen molar-refractivity contribution in [3.8, 4) is 0 Å². The molecule has 0 fully saturated rings. The predicted molar refractivity (Wildman–Crippen MR) is 68.3 cm³/mol. The zero-order chi connectivity index (χ0) is 13.4. The van der Waals surface area contributed by atoms with Gasteiger partial charge in [0.1, 0.15) is 0 Å². The highest BCUT2D eigenvalue weighted by atomic mass is 16.2. The molecule has 5 nitrogen and oxygen atoms in total. The molecular weight excluding hydrogens is 218 g/mol. The van der Waals surface area contributed by atoms with Gasteiger partial charge in [-0.2, -0.15) is 0 Å². The van der Waals surface area contributed by atoms with E-state index in [1.165, 1.54) is 0 Å². The number of carbonyl (C=O) groups excluding carboxylic acids is 2. The summed E-state index contributed by atoms with van der Waals surface area (Å²) in [6.07, 6.45) is 0.750. The van der Waals surface area contributed by atoms with Crippen molar-refractivity contribution in [2.45, 2.75) is 27.2 Å². The van der Waals surface area contributed by atoms with Crippen molar-refractivity contribution in [1.82, 2.24) is 10.2 Å². The Morgan fingerprint density at radius 3 is 2.35 bits per heavy atom. The molecule has 1 unspecified atom stereocenters. The van der Waals surface area contributed by atoms with Crippen LogP contribution in [0, 0.1) is 11.8 Å². The van der Waals surface area contributed by atoms with Gasteiger partial charge < -0.3 is 16.0 Å². The summed E-state index contributed by atoms with van der Waals surface area (Å²) in [6.45, 7) is 7.00. The number of likely N-dealkylation sites (N-methyl/N-ethyl adjacent to an activating group) is 1. The average molecular weight is 243 g/mol. The molecular formula is C12H25N3O2. The Morgan fingerprint density at radius 2 is 1.94 bits per heavy atom. The van der Waals surface area contributed by atoms with Gasteiger partial charge >= 0.3 is 0 Å². The molecule has 0 aliphatic carbocycles. The van der Waals surface area contributed by atoms with Gasteiger partial charge in [0.2, 0.25) is 11.8 Å². The highest BCUT2D eigenvalue weighted by Crippen LogP contribution is 2.10. The molecule has 1 atom stereocenters. The topological polar surface area (TPSA) is 75.4 Å². The fourth-order valence-corrected chi connectivity index (χ4v) is 1.50.